The third kappa shape index (κ3) is 7.68. The molecular formula is C24H31N3O3S. The first-order chi connectivity index (χ1) is 14.8. The van der Waals surface area contributed by atoms with Crippen LogP contribution < -0.4 is 20.7 Å². The lowest BCUT2D eigenvalue weighted by Crippen LogP contribution is -2.36. The molecule has 0 saturated carbocycles. The molecule has 0 saturated heterocycles. The normalized spacial score (nSPS) is 11.5. The number of carbonyl (C=O) groups excluding carboxylic acids is 2. The van der Waals surface area contributed by atoms with Gasteiger partial charge in [-0.2, -0.15) is 0 Å². The summed E-state index contributed by atoms with van der Waals surface area (Å²) < 4.78 is 5.79. The molecule has 0 aliphatic heterocycles. The Kier molecular flexibility index (Phi) is 9.46. The largest absolute Gasteiger partial charge is 0.493 e. The molecule has 7 heteroatoms. The van der Waals surface area contributed by atoms with E-state index in [9.17, 15) is 9.59 Å². The van der Waals surface area contributed by atoms with E-state index in [-0.39, 0.29) is 23.0 Å². The smallest absolute Gasteiger partial charge is 0.261 e. The van der Waals surface area contributed by atoms with E-state index in [1.165, 1.54) is 0 Å². The minimum Gasteiger partial charge on any atom is -0.493 e. The van der Waals surface area contributed by atoms with E-state index < -0.39 is 0 Å². The van der Waals surface area contributed by atoms with Crippen molar-refractivity contribution in [3.8, 4) is 5.75 Å². The van der Waals surface area contributed by atoms with E-state index in [1.807, 2.05) is 19.9 Å². The third-order valence-electron chi connectivity index (χ3n) is 4.72. The van der Waals surface area contributed by atoms with Crippen molar-refractivity contribution >= 4 is 34.8 Å². The van der Waals surface area contributed by atoms with Gasteiger partial charge in [0, 0.05) is 6.04 Å². The van der Waals surface area contributed by atoms with Gasteiger partial charge in [0.2, 0.25) is 0 Å². The Hall–Kier alpha value is -2.93. The third-order valence-corrected chi connectivity index (χ3v) is 4.93. The molecule has 0 bridgehead atoms. The molecule has 1 unspecified atom stereocenters. The highest BCUT2D eigenvalue weighted by Gasteiger charge is 2.16. The van der Waals surface area contributed by atoms with Gasteiger partial charge in [-0.3, -0.25) is 14.9 Å². The van der Waals surface area contributed by atoms with Gasteiger partial charge in [0.05, 0.1) is 23.4 Å². The summed E-state index contributed by atoms with van der Waals surface area (Å²) in [5.74, 6) is 0.446. The Morgan fingerprint density at radius 3 is 2.29 bits per heavy atom. The fourth-order valence-corrected chi connectivity index (χ4v) is 2.91. The Morgan fingerprint density at radius 2 is 1.61 bits per heavy atom. The molecule has 0 spiro atoms. The number of hydrogen-bond acceptors (Lipinski definition) is 4. The van der Waals surface area contributed by atoms with E-state index in [4.69, 9.17) is 17.0 Å². The van der Waals surface area contributed by atoms with Gasteiger partial charge in [-0.15, -0.1) is 0 Å². The van der Waals surface area contributed by atoms with Gasteiger partial charge in [-0.25, -0.2) is 0 Å². The molecule has 2 amide bonds. The molecule has 2 rings (SSSR count). The van der Waals surface area contributed by atoms with E-state index in [2.05, 4.69) is 29.8 Å². The summed E-state index contributed by atoms with van der Waals surface area (Å²) in [4.78, 5) is 25.3. The number of para-hydroxylation sites is 2. The summed E-state index contributed by atoms with van der Waals surface area (Å²) in [7, 11) is 0. The number of hydrogen-bond donors (Lipinski definition) is 3. The number of thiocarbonyl (C=S) groups is 1. The summed E-state index contributed by atoms with van der Waals surface area (Å²) >= 11 is 5.32. The molecule has 3 N–H and O–H groups in total. The van der Waals surface area contributed by atoms with Crippen LogP contribution in [0.4, 0.5) is 5.69 Å². The fraction of sp³-hybridized carbons (Fsp3) is 0.375. The van der Waals surface area contributed by atoms with Gasteiger partial charge in [0.15, 0.2) is 5.11 Å². The summed E-state index contributed by atoms with van der Waals surface area (Å²) in [6.07, 6.45) is 1.72. The number of nitrogens with one attached hydrogen (secondary N) is 3. The van der Waals surface area contributed by atoms with Crippen LogP contribution in [0.3, 0.4) is 0 Å². The second-order valence-electron chi connectivity index (χ2n) is 7.76. The van der Waals surface area contributed by atoms with Crippen molar-refractivity contribution in [2.45, 2.75) is 46.6 Å². The van der Waals surface area contributed by atoms with Crippen LogP contribution in [0.15, 0.2) is 48.5 Å². The van der Waals surface area contributed by atoms with Gasteiger partial charge >= 0.3 is 0 Å². The molecule has 166 valence electrons. The Bertz CT molecular complexity index is 914. The maximum atomic E-state index is 12.8. The Morgan fingerprint density at radius 1 is 0.968 bits per heavy atom. The van der Waals surface area contributed by atoms with Crippen LogP contribution in [0, 0.1) is 5.92 Å². The zero-order valence-corrected chi connectivity index (χ0v) is 19.3. The molecule has 0 aliphatic carbocycles. The average Bonchev–Trinajstić information content (AvgIpc) is 2.73. The van der Waals surface area contributed by atoms with Crippen molar-refractivity contribution in [3.63, 3.8) is 0 Å². The highest BCUT2D eigenvalue weighted by molar-refractivity contribution is 7.80. The van der Waals surface area contributed by atoms with Gasteiger partial charge in [-0.1, -0.05) is 45.0 Å². The van der Waals surface area contributed by atoms with Crippen LogP contribution in [0.2, 0.25) is 0 Å². The highest BCUT2D eigenvalue weighted by atomic mass is 32.1. The summed E-state index contributed by atoms with van der Waals surface area (Å²) in [6.45, 7) is 8.72. The van der Waals surface area contributed by atoms with Crippen molar-refractivity contribution < 1.29 is 14.3 Å². The van der Waals surface area contributed by atoms with Crippen LogP contribution >= 0.6 is 12.2 Å². The molecule has 0 aliphatic rings. The van der Waals surface area contributed by atoms with E-state index in [0.717, 1.165) is 12.8 Å². The maximum Gasteiger partial charge on any atom is 0.261 e. The predicted molar refractivity (Wildman–Crippen MR) is 129 cm³/mol. The van der Waals surface area contributed by atoms with Gasteiger partial charge in [0.25, 0.3) is 11.8 Å². The minimum absolute atomic E-state index is 0.0550. The summed E-state index contributed by atoms with van der Waals surface area (Å²) in [6, 6.07) is 14.1. The Labute approximate surface area is 189 Å². The lowest BCUT2D eigenvalue weighted by molar-refractivity contribution is 0.0938. The highest BCUT2D eigenvalue weighted by Crippen LogP contribution is 2.19. The molecule has 0 radical (unpaired) electrons. The predicted octanol–water partition coefficient (Wildman–Crippen LogP) is 4.77. The first kappa shape index (κ1) is 24.3. The van der Waals surface area contributed by atoms with Crippen LogP contribution in [-0.2, 0) is 0 Å². The van der Waals surface area contributed by atoms with Gasteiger partial charge in [0.1, 0.15) is 5.75 Å². The molecule has 0 heterocycles. The number of anilines is 1. The molecule has 2 aromatic carbocycles. The number of benzene rings is 2. The van der Waals surface area contributed by atoms with Crippen LogP contribution in [0.5, 0.6) is 5.75 Å². The number of carbonyl (C=O) groups is 2. The number of rotatable bonds is 9. The van der Waals surface area contributed by atoms with E-state index in [1.54, 1.807) is 42.5 Å². The molecule has 2 aromatic rings. The van der Waals surface area contributed by atoms with Crippen LogP contribution in [0.25, 0.3) is 0 Å². The monoisotopic (exact) mass is 441 g/mol. The number of ether oxygens (including phenoxy) is 1. The van der Waals surface area contributed by atoms with Gasteiger partial charge < -0.3 is 15.4 Å². The molecule has 1 atom stereocenters. The van der Waals surface area contributed by atoms with E-state index >= 15 is 0 Å². The molecule has 6 nitrogen and oxygen atoms in total. The first-order valence-corrected chi connectivity index (χ1v) is 11.0. The second-order valence-corrected chi connectivity index (χ2v) is 8.17. The standard InChI is InChI=1S/C24H31N3O3S/c1-5-17(4)25-22(28)18-10-6-8-12-20(18)26-24(31)27-23(29)19-11-7-9-13-21(19)30-15-14-16(2)3/h6-13,16-17H,5,14-15H2,1-4H3,(H,25,28)(H2,26,27,29,31). The molecule has 0 fully saturated rings. The van der Waals surface area contributed by atoms with Crippen molar-refractivity contribution in [3.05, 3.63) is 59.7 Å². The fourth-order valence-electron chi connectivity index (χ4n) is 2.70. The van der Waals surface area contributed by atoms with Crippen molar-refractivity contribution in [1.82, 2.24) is 10.6 Å². The maximum absolute atomic E-state index is 12.8. The van der Waals surface area contributed by atoms with Crippen LogP contribution in [-0.4, -0.2) is 29.6 Å². The minimum atomic E-state index is -0.376. The number of amides is 2. The summed E-state index contributed by atoms with van der Waals surface area (Å²) in [5, 5.41) is 8.67. The van der Waals surface area contributed by atoms with Gasteiger partial charge in [-0.05, 0) is 62.2 Å². The van der Waals surface area contributed by atoms with Crippen molar-refractivity contribution in [2.75, 3.05) is 11.9 Å². The SMILES string of the molecule is CCC(C)NC(=O)c1ccccc1NC(=S)NC(=O)c1ccccc1OCCC(C)C. The Balaban J connectivity index is 2.06. The molecule has 31 heavy (non-hydrogen) atoms. The average molecular weight is 442 g/mol. The quantitative estimate of drug-likeness (QED) is 0.489. The summed E-state index contributed by atoms with van der Waals surface area (Å²) in [5.41, 5.74) is 1.38. The first-order valence-electron chi connectivity index (χ1n) is 10.6. The zero-order chi connectivity index (χ0) is 22.8. The lowest BCUT2D eigenvalue weighted by atomic mass is 10.1. The van der Waals surface area contributed by atoms with Crippen molar-refractivity contribution in [1.29, 1.82) is 0 Å². The lowest BCUT2D eigenvalue weighted by Gasteiger charge is -2.16. The van der Waals surface area contributed by atoms with E-state index in [0.29, 0.717) is 35.1 Å². The van der Waals surface area contributed by atoms with Crippen LogP contribution in [0.1, 0.15) is 61.3 Å². The van der Waals surface area contributed by atoms with Crippen molar-refractivity contribution in [2.24, 2.45) is 5.92 Å². The second kappa shape index (κ2) is 12.1. The molecular weight excluding hydrogens is 410 g/mol. The molecule has 0 aromatic heterocycles. The topological polar surface area (TPSA) is 79.5 Å². The zero-order valence-electron chi connectivity index (χ0n) is 18.5.